The van der Waals surface area contributed by atoms with E-state index in [4.69, 9.17) is 9.15 Å². The van der Waals surface area contributed by atoms with Gasteiger partial charge >= 0.3 is 5.97 Å². The number of rotatable bonds is 2. The second kappa shape index (κ2) is 6.84. The average molecular weight is 449 g/mol. The zero-order valence-corrected chi connectivity index (χ0v) is 20.7. The summed E-state index contributed by atoms with van der Waals surface area (Å²) in [5, 5.41) is 0. The van der Waals surface area contributed by atoms with Crippen molar-refractivity contribution < 1.29 is 18.7 Å². The first-order valence-corrected chi connectivity index (χ1v) is 12.2. The number of carbonyl (C=O) groups is 2. The largest absolute Gasteiger partial charge is 0.472 e. The van der Waals surface area contributed by atoms with Gasteiger partial charge in [0.1, 0.15) is 6.10 Å². The van der Waals surface area contributed by atoms with E-state index in [-0.39, 0.29) is 51.9 Å². The summed E-state index contributed by atoms with van der Waals surface area (Å²) in [6.45, 7) is 17.1. The molecule has 4 nitrogen and oxygen atoms in total. The van der Waals surface area contributed by atoms with E-state index < -0.39 is 5.41 Å². The predicted molar refractivity (Wildman–Crippen MR) is 127 cm³/mol. The van der Waals surface area contributed by atoms with Crippen molar-refractivity contribution in [3.8, 4) is 0 Å². The molecule has 0 spiro atoms. The molecule has 0 aromatic carbocycles. The maximum atomic E-state index is 12.9. The molecule has 4 heteroatoms. The maximum Gasteiger partial charge on any atom is 0.302 e. The average Bonchev–Trinajstić information content (AvgIpc) is 3.32. The van der Waals surface area contributed by atoms with Crippen LogP contribution in [-0.4, -0.2) is 17.9 Å². The van der Waals surface area contributed by atoms with Gasteiger partial charge in [0.2, 0.25) is 0 Å². The topological polar surface area (TPSA) is 56.5 Å². The smallest absolute Gasteiger partial charge is 0.302 e. The van der Waals surface area contributed by atoms with Gasteiger partial charge < -0.3 is 9.15 Å². The van der Waals surface area contributed by atoms with Crippen LogP contribution in [0.4, 0.5) is 0 Å². The SMILES string of the molecule is C=C1C=C2[C@@]3(C)C(CC[C@@]2(C)C1c1ccoc1)[C@@]1(C)C=CC(=O)C(C)(C)C1C[C@H]3OC(C)=O. The summed E-state index contributed by atoms with van der Waals surface area (Å²) in [5.41, 5.74) is 2.50. The first-order chi connectivity index (χ1) is 15.4. The lowest BCUT2D eigenvalue weighted by molar-refractivity contribution is -0.187. The highest BCUT2D eigenvalue weighted by Crippen LogP contribution is 2.73. The molecule has 4 aliphatic rings. The lowest BCUT2D eigenvalue weighted by Gasteiger charge is -2.66. The molecular weight excluding hydrogens is 412 g/mol. The van der Waals surface area contributed by atoms with Crippen molar-refractivity contribution in [2.24, 2.45) is 33.5 Å². The van der Waals surface area contributed by atoms with Crippen molar-refractivity contribution in [2.45, 2.75) is 72.8 Å². The van der Waals surface area contributed by atoms with Crippen molar-refractivity contribution in [1.82, 2.24) is 0 Å². The molecular formula is C29H36O4. The number of carbonyl (C=O) groups excluding carboxylic acids is 2. The highest BCUT2D eigenvalue weighted by atomic mass is 16.5. The minimum absolute atomic E-state index is 0.114. The molecule has 5 rings (SSSR count). The third kappa shape index (κ3) is 2.76. The Morgan fingerprint density at radius 3 is 2.55 bits per heavy atom. The third-order valence-corrected chi connectivity index (χ3v) is 10.1. The lowest BCUT2D eigenvalue weighted by atomic mass is 9.38. The Bertz CT molecular complexity index is 1090. The molecule has 4 aliphatic carbocycles. The van der Waals surface area contributed by atoms with Crippen molar-refractivity contribution in [3.05, 3.63) is 60.1 Å². The second-order valence-electron chi connectivity index (χ2n) is 12.1. The van der Waals surface area contributed by atoms with Crippen LogP contribution in [0, 0.1) is 33.5 Å². The van der Waals surface area contributed by atoms with Gasteiger partial charge in [-0.2, -0.15) is 0 Å². The summed E-state index contributed by atoms with van der Waals surface area (Å²) in [6, 6.07) is 2.05. The first kappa shape index (κ1) is 22.4. The van der Waals surface area contributed by atoms with Gasteiger partial charge in [0.05, 0.1) is 12.5 Å². The van der Waals surface area contributed by atoms with Crippen LogP contribution in [0.15, 0.2) is 59.0 Å². The van der Waals surface area contributed by atoms with Crippen LogP contribution in [0.5, 0.6) is 0 Å². The number of hydrogen-bond donors (Lipinski definition) is 0. The summed E-state index contributed by atoms with van der Waals surface area (Å²) >= 11 is 0. The van der Waals surface area contributed by atoms with Crippen LogP contribution in [0.2, 0.25) is 0 Å². The van der Waals surface area contributed by atoms with Crippen LogP contribution < -0.4 is 0 Å². The molecule has 1 aromatic rings. The van der Waals surface area contributed by atoms with Crippen molar-refractivity contribution >= 4 is 11.8 Å². The van der Waals surface area contributed by atoms with Gasteiger partial charge in [-0.25, -0.2) is 0 Å². The summed E-state index contributed by atoms with van der Waals surface area (Å²) in [7, 11) is 0. The van der Waals surface area contributed by atoms with Gasteiger partial charge in [0, 0.05) is 29.1 Å². The molecule has 3 unspecified atom stereocenters. The molecule has 0 amide bonds. The van der Waals surface area contributed by atoms with Crippen molar-refractivity contribution in [1.29, 1.82) is 0 Å². The van der Waals surface area contributed by atoms with E-state index in [1.807, 2.05) is 18.4 Å². The minimum atomic E-state index is -0.489. The molecule has 33 heavy (non-hydrogen) atoms. The third-order valence-electron chi connectivity index (χ3n) is 10.1. The van der Waals surface area contributed by atoms with E-state index >= 15 is 0 Å². The van der Waals surface area contributed by atoms with Gasteiger partial charge in [-0.15, -0.1) is 0 Å². The Morgan fingerprint density at radius 2 is 1.91 bits per heavy atom. The molecule has 0 saturated heterocycles. The predicted octanol–water partition coefficient (Wildman–Crippen LogP) is 6.41. The fourth-order valence-electron chi connectivity index (χ4n) is 8.63. The zero-order valence-electron chi connectivity index (χ0n) is 20.7. The molecule has 1 heterocycles. The standard InChI is InChI=1S/C29H36O4/c1-17-14-22-28(6,25(17)19-10-13-32-16-19)11-8-20-27(5)12-9-23(31)26(3,4)21(27)15-24(29(20,22)7)33-18(2)30/h9-10,12-14,16,20-21,24-25H,1,8,11,15H2,2-7H3/t20?,21?,24-,25?,27-,28-,29-/m1/s1. The molecule has 1 aromatic heterocycles. The van der Waals surface area contributed by atoms with Crippen molar-refractivity contribution in [3.63, 3.8) is 0 Å². The number of allylic oxidation sites excluding steroid dienone is 4. The molecule has 176 valence electrons. The van der Waals surface area contributed by atoms with Crippen LogP contribution in [0.3, 0.4) is 0 Å². The quantitative estimate of drug-likeness (QED) is 0.491. The molecule has 0 radical (unpaired) electrons. The van der Waals surface area contributed by atoms with Gasteiger partial charge in [-0.05, 0) is 59.8 Å². The molecule has 0 N–H and O–H groups in total. The van der Waals surface area contributed by atoms with Gasteiger partial charge in [-0.3, -0.25) is 9.59 Å². The van der Waals surface area contributed by atoms with Gasteiger partial charge in [0.15, 0.2) is 5.78 Å². The van der Waals surface area contributed by atoms with E-state index in [0.717, 1.165) is 24.0 Å². The van der Waals surface area contributed by atoms with E-state index in [1.54, 1.807) is 6.26 Å². The molecule has 7 atom stereocenters. The molecule has 0 bridgehead atoms. The summed E-state index contributed by atoms with van der Waals surface area (Å²) in [4.78, 5) is 25.2. The highest BCUT2D eigenvalue weighted by Gasteiger charge is 2.68. The number of ether oxygens (including phenoxy) is 1. The molecule has 0 aliphatic heterocycles. The Hall–Kier alpha value is -2.36. The minimum Gasteiger partial charge on any atom is -0.472 e. The fourth-order valence-corrected chi connectivity index (χ4v) is 8.63. The van der Waals surface area contributed by atoms with Crippen molar-refractivity contribution in [2.75, 3.05) is 0 Å². The van der Waals surface area contributed by atoms with Crippen LogP contribution in [0.1, 0.15) is 72.3 Å². The zero-order chi connectivity index (χ0) is 24.0. The normalized spacial score (nSPS) is 43.4. The van der Waals surface area contributed by atoms with E-state index in [9.17, 15) is 9.59 Å². The first-order valence-electron chi connectivity index (χ1n) is 12.2. The number of fused-ring (bicyclic) bond motifs is 5. The van der Waals surface area contributed by atoms with Gasteiger partial charge in [-0.1, -0.05) is 58.9 Å². The van der Waals surface area contributed by atoms with Crippen LogP contribution >= 0.6 is 0 Å². The van der Waals surface area contributed by atoms with Crippen LogP contribution in [0.25, 0.3) is 0 Å². The summed E-state index contributed by atoms with van der Waals surface area (Å²) < 4.78 is 11.6. The highest BCUT2D eigenvalue weighted by molar-refractivity contribution is 5.95. The van der Waals surface area contributed by atoms with E-state index in [1.165, 1.54) is 12.5 Å². The fraction of sp³-hybridized carbons (Fsp3) is 0.586. The van der Waals surface area contributed by atoms with Gasteiger partial charge in [0.25, 0.3) is 0 Å². The Labute approximate surface area is 197 Å². The number of hydrogen-bond acceptors (Lipinski definition) is 4. The molecule has 2 saturated carbocycles. The van der Waals surface area contributed by atoms with E-state index in [2.05, 4.69) is 53.3 Å². The number of furan rings is 1. The Kier molecular flexibility index (Phi) is 4.65. The Balaban J connectivity index is 1.68. The molecule has 2 fully saturated rings. The number of ketones is 1. The lowest BCUT2D eigenvalue weighted by Crippen LogP contribution is -2.64. The monoisotopic (exact) mass is 448 g/mol. The Morgan fingerprint density at radius 1 is 1.18 bits per heavy atom. The van der Waals surface area contributed by atoms with E-state index in [0.29, 0.717) is 6.42 Å². The van der Waals surface area contributed by atoms with Crippen LogP contribution in [-0.2, 0) is 14.3 Å². The summed E-state index contributed by atoms with van der Waals surface area (Å²) in [6.07, 6.45) is 12.3. The summed E-state index contributed by atoms with van der Waals surface area (Å²) in [5.74, 6) is 0.447. The number of esters is 1. The maximum absolute atomic E-state index is 12.9. The second-order valence-corrected chi connectivity index (χ2v) is 12.1.